The number of pyridine rings is 1. The number of hydrogen-bond acceptors (Lipinski definition) is 3. The summed E-state index contributed by atoms with van der Waals surface area (Å²) in [5.41, 5.74) is 2.11. The van der Waals surface area contributed by atoms with Crippen molar-refractivity contribution < 1.29 is 9.59 Å². The van der Waals surface area contributed by atoms with Crippen molar-refractivity contribution in [2.45, 2.75) is 33.2 Å². The van der Waals surface area contributed by atoms with Gasteiger partial charge in [-0.3, -0.25) is 9.78 Å². The highest BCUT2D eigenvalue weighted by Crippen LogP contribution is 2.13. The molecule has 0 radical (unpaired) electrons. The zero-order valence-electron chi connectivity index (χ0n) is 16.3. The van der Waals surface area contributed by atoms with Crippen LogP contribution in [0.5, 0.6) is 0 Å². The van der Waals surface area contributed by atoms with Gasteiger partial charge in [0.25, 0.3) is 5.91 Å². The van der Waals surface area contributed by atoms with Crippen molar-refractivity contribution in [3.8, 4) is 0 Å². The minimum absolute atomic E-state index is 0.0313. The summed E-state index contributed by atoms with van der Waals surface area (Å²) in [4.78, 5) is 32.6. The lowest BCUT2D eigenvalue weighted by molar-refractivity contribution is 0.0755. The van der Waals surface area contributed by atoms with Gasteiger partial charge in [0.1, 0.15) is 0 Å². The number of carbonyl (C=O) groups excluding carboxylic acids is 2. The number of hydrogen-bond donors (Lipinski definition) is 1. The summed E-state index contributed by atoms with van der Waals surface area (Å²) in [7, 11) is 1.72. The van der Waals surface area contributed by atoms with Gasteiger partial charge in [0, 0.05) is 37.6 Å². The van der Waals surface area contributed by atoms with Crippen LogP contribution in [0.4, 0.5) is 10.5 Å². The Morgan fingerprint density at radius 3 is 2.22 bits per heavy atom. The molecule has 0 aliphatic heterocycles. The zero-order chi connectivity index (χ0) is 19.6. The average molecular weight is 368 g/mol. The second-order valence-electron chi connectivity index (χ2n) is 6.48. The van der Waals surface area contributed by atoms with E-state index in [1.807, 2.05) is 23.1 Å². The predicted octanol–water partition coefficient (Wildman–Crippen LogP) is 4.01. The van der Waals surface area contributed by atoms with E-state index < -0.39 is 0 Å². The number of aromatic nitrogens is 1. The Labute approximate surface area is 161 Å². The summed E-state index contributed by atoms with van der Waals surface area (Å²) in [6.07, 6.45) is 3.57. The fourth-order valence-electron chi connectivity index (χ4n) is 2.76. The summed E-state index contributed by atoms with van der Waals surface area (Å²) in [6.45, 7) is 6.06. The molecule has 0 saturated heterocycles. The number of nitrogens with zero attached hydrogens (tertiary/aromatic N) is 3. The molecule has 27 heavy (non-hydrogen) atoms. The smallest absolute Gasteiger partial charge is 0.321 e. The van der Waals surface area contributed by atoms with E-state index in [1.54, 1.807) is 42.4 Å². The molecule has 0 saturated carbocycles. The second-order valence-corrected chi connectivity index (χ2v) is 6.48. The third-order valence-corrected chi connectivity index (χ3v) is 4.13. The highest BCUT2D eigenvalue weighted by Gasteiger charge is 2.15. The molecule has 2 aromatic rings. The topological polar surface area (TPSA) is 65.5 Å². The molecule has 0 bridgehead atoms. The van der Waals surface area contributed by atoms with Crippen LogP contribution in [-0.4, -0.2) is 46.9 Å². The molecule has 1 heterocycles. The van der Waals surface area contributed by atoms with Crippen LogP contribution in [0.2, 0.25) is 0 Å². The zero-order valence-corrected chi connectivity index (χ0v) is 16.3. The average Bonchev–Trinajstić information content (AvgIpc) is 2.68. The van der Waals surface area contributed by atoms with Crippen LogP contribution in [0.15, 0.2) is 48.7 Å². The van der Waals surface area contributed by atoms with Crippen LogP contribution < -0.4 is 5.32 Å². The fraction of sp³-hybridized carbons (Fsp3) is 0.381. The maximum Gasteiger partial charge on any atom is 0.321 e. The van der Waals surface area contributed by atoms with E-state index in [-0.39, 0.29) is 11.9 Å². The Morgan fingerprint density at radius 1 is 1.00 bits per heavy atom. The predicted molar refractivity (Wildman–Crippen MR) is 108 cm³/mol. The van der Waals surface area contributed by atoms with Gasteiger partial charge in [0.15, 0.2) is 0 Å². The molecule has 1 aromatic heterocycles. The van der Waals surface area contributed by atoms with Gasteiger partial charge < -0.3 is 15.1 Å². The van der Waals surface area contributed by atoms with Crippen molar-refractivity contribution in [3.05, 3.63) is 59.9 Å². The van der Waals surface area contributed by atoms with E-state index in [1.165, 1.54) is 0 Å². The Balaban J connectivity index is 1.96. The lowest BCUT2D eigenvalue weighted by atomic mass is 10.1. The van der Waals surface area contributed by atoms with E-state index >= 15 is 0 Å². The van der Waals surface area contributed by atoms with Gasteiger partial charge in [0.05, 0.1) is 12.2 Å². The summed E-state index contributed by atoms with van der Waals surface area (Å²) >= 11 is 0. The molecule has 0 unspecified atom stereocenters. The summed E-state index contributed by atoms with van der Waals surface area (Å²) in [6, 6.07) is 12.4. The van der Waals surface area contributed by atoms with Crippen LogP contribution >= 0.6 is 0 Å². The van der Waals surface area contributed by atoms with E-state index in [4.69, 9.17) is 0 Å². The first-order valence-electron chi connectivity index (χ1n) is 9.36. The van der Waals surface area contributed by atoms with Crippen LogP contribution in [0.1, 0.15) is 42.7 Å². The fourth-order valence-corrected chi connectivity index (χ4v) is 2.76. The summed E-state index contributed by atoms with van der Waals surface area (Å²) < 4.78 is 0. The van der Waals surface area contributed by atoms with Crippen molar-refractivity contribution in [1.82, 2.24) is 14.8 Å². The van der Waals surface area contributed by atoms with Crippen molar-refractivity contribution in [2.24, 2.45) is 0 Å². The van der Waals surface area contributed by atoms with Crippen molar-refractivity contribution in [2.75, 3.05) is 25.5 Å². The third-order valence-electron chi connectivity index (χ3n) is 4.13. The quantitative estimate of drug-likeness (QED) is 0.766. The molecule has 6 heteroatoms. The first kappa shape index (κ1) is 20.4. The van der Waals surface area contributed by atoms with Crippen molar-refractivity contribution >= 4 is 17.6 Å². The molecule has 0 aliphatic rings. The van der Waals surface area contributed by atoms with E-state index in [2.05, 4.69) is 24.1 Å². The molecule has 1 N–H and O–H groups in total. The number of rotatable bonds is 8. The van der Waals surface area contributed by atoms with E-state index in [0.29, 0.717) is 17.8 Å². The van der Waals surface area contributed by atoms with E-state index in [0.717, 1.165) is 31.6 Å². The molecular formula is C21H28N4O2. The summed E-state index contributed by atoms with van der Waals surface area (Å²) in [5.74, 6) is 0.0313. The Bertz CT molecular complexity index is 726. The normalized spacial score (nSPS) is 10.3. The molecule has 3 amide bonds. The lowest BCUT2D eigenvalue weighted by Gasteiger charge is -2.21. The van der Waals surface area contributed by atoms with Crippen LogP contribution in [0, 0.1) is 0 Å². The summed E-state index contributed by atoms with van der Waals surface area (Å²) in [5, 5.41) is 2.84. The minimum atomic E-state index is -0.224. The molecule has 0 aliphatic carbocycles. The first-order valence-corrected chi connectivity index (χ1v) is 9.36. The minimum Gasteiger partial charge on any atom is -0.339 e. The number of nitrogens with one attached hydrogen (secondary N) is 1. The van der Waals surface area contributed by atoms with Crippen molar-refractivity contribution in [3.63, 3.8) is 0 Å². The van der Waals surface area contributed by atoms with Crippen LogP contribution in [0.25, 0.3) is 0 Å². The van der Waals surface area contributed by atoms with Gasteiger partial charge in [-0.05, 0) is 49.2 Å². The Morgan fingerprint density at radius 2 is 1.67 bits per heavy atom. The molecule has 144 valence electrons. The molecule has 0 spiro atoms. The standard InChI is InChI=1S/C21H28N4O2/c1-4-14-25(15-5-2)20(26)17-9-11-18(12-10-17)23-21(27)24(3)16-19-8-6-7-13-22-19/h6-13H,4-5,14-16H2,1-3H3,(H,23,27). The van der Waals surface area contributed by atoms with Crippen molar-refractivity contribution in [1.29, 1.82) is 0 Å². The number of amides is 3. The number of urea groups is 1. The largest absolute Gasteiger partial charge is 0.339 e. The maximum absolute atomic E-state index is 12.6. The lowest BCUT2D eigenvalue weighted by Crippen LogP contribution is -2.32. The Hall–Kier alpha value is -2.89. The van der Waals surface area contributed by atoms with Gasteiger partial charge in [-0.25, -0.2) is 4.79 Å². The number of anilines is 1. The number of carbonyl (C=O) groups is 2. The van der Waals surface area contributed by atoms with E-state index in [9.17, 15) is 9.59 Å². The highest BCUT2D eigenvalue weighted by molar-refractivity contribution is 5.95. The highest BCUT2D eigenvalue weighted by atomic mass is 16.2. The van der Waals surface area contributed by atoms with Gasteiger partial charge in [-0.1, -0.05) is 19.9 Å². The number of benzene rings is 1. The Kier molecular flexibility index (Phi) is 7.79. The molecule has 6 nitrogen and oxygen atoms in total. The van der Waals surface area contributed by atoms with Gasteiger partial charge in [-0.2, -0.15) is 0 Å². The van der Waals surface area contributed by atoms with Gasteiger partial charge in [-0.15, -0.1) is 0 Å². The third kappa shape index (κ3) is 6.09. The molecule has 0 atom stereocenters. The SMILES string of the molecule is CCCN(CCC)C(=O)c1ccc(NC(=O)N(C)Cc2ccccn2)cc1. The molecular weight excluding hydrogens is 340 g/mol. The monoisotopic (exact) mass is 368 g/mol. The van der Waals surface area contributed by atoms with Gasteiger partial charge >= 0.3 is 6.03 Å². The molecule has 1 aromatic carbocycles. The second kappa shape index (κ2) is 10.3. The maximum atomic E-state index is 12.6. The molecule has 2 rings (SSSR count). The molecule has 0 fully saturated rings. The van der Waals surface area contributed by atoms with Gasteiger partial charge in [0.2, 0.25) is 0 Å². The van der Waals surface area contributed by atoms with Crippen LogP contribution in [0.3, 0.4) is 0 Å². The van der Waals surface area contributed by atoms with Crippen LogP contribution in [-0.2, 0) is 6.54 Å². The first-order chi connectivity index (χ1) is 13.0.